The van der Waals surface area contributed by atoms with Crippen molar-refractivity contribution >= 4 is 24.4 Å². The number of carbonyl (C=O) groups is 2. The predicted octanol–water partition coefficient (Wildman–Crippen LogP) is 13.3. The zero-order valence-corrected chi connectivity index (χ0v) is 38.9. The van der Waals surface area contributed by atoms with Gasteiger partial charge in [0.2, 0.25) is 0 Å². The van der Waals surface area contributed by atoms with Crippen LogP contribution in [0.1, 0.15) is 151 Å². The van der Waals surface area contributed by atoms with Gasteiger partial charge in [-0.2, -0.15) is 0 Å². The Labute approximate surface area is 375 Å². The fourth-order valence-electron chi connectivity index (χ4n) is 7.65. The van der Waals surface area contributed by atoms with Crippen LogP contribution in [-0.4, -0.2) is 49.7 Å². The highest BCUT2D eigenvalue weighted by Crippen LogP contribution is 2.19. The average molecular weight is 841 g/mol. The number of unbranched alkanes of at least 4 members (excludes halogenated alkanes) is 9. The Morgan fingerprint density at radius 3 is 1.05 bits per heavy atom. The maximum atomic E-state index is 13.2. The van der Waals surface area contributed by atoms with Crippen LogP contribution in [0.25, 0.3) is 0 Å². The van der Waals surface area contributed by atoms with Crippen LogP contribution in [0.15, 0.2) is 119 Å². The fraction of sp³-hybridized carbons (Fsp3) is 0.500. The van der Waals surface area contributed by atoms with Gasteiger partial charge in [-0.15, -0.1) is 0 Å². The van der Waals surface area contributed by atoms with Crippen LogP contribution in [0.3, 0.4) is 0 Å². The second-order valence-corrected chi connectivity index (χ2v) is 18.0. The van der Waals surface area contributed by atoms with Crippen molar-refractivity contribution in [3.8, 4) is 0 Å². The molecule has 0 N–H and O–H groups in total. The lowest BCUT2D eigenvalue weighted by atomic mass is 9.97. The molecule has 0 aromatic heterocycles. The van der Waals surface area contributed by atoms with Crippen molar-refractivity contribution in [2.24, 2.45) is 21.8 Å². The standard InChI is InChI=1S/C56H76N2O4/c1-43(2)51-31-27-49(28-32-51)37-45(5)41-57-53(39-47-23-17-15-18-24-47)55(59)61-35-21-13-11-9-7-8-10-12-14-22-36-62-56(60)54(40-48-25-19-16-20-26-48)58-42-46(6)38-50-29-33-52(34-30-50)44(3)4/h15-20,23-34,41-46,53-54H,7-14,21-22,35-40H2,1-6H3. The highest BCUT2D eigenvalue weighted by Gasteiger charge is 2.21. The zero-order chi connectivity index (χ0) is 44.4. The minimum atomic E-state index is -0.538. The van der Waals surface area contributed by atoms with Crippen LogP contribution in [0.2, 0.25) is 0 Å². The number of ether oxygens (including phenoxy) is 2. The molecule has 0 amide bonds. The Balaban J connectivity index is 1.07. The second kappa shape index (κ2) is 28.7. The highest BCUT2D eigenvalue weighted by atomic mass is 16.5. The van der Waals surface area contributed by atoms with Crippen LogP contribution >= 0.6 is 0 Å². The first kappa shape index (κ1) is 49.8. The summed E-state index contributed by atoms with van der Waals surface area (Å²) in [4.78, 5) is 36.0. The number of aliphatic imine (C=N–C) groups is 2. The molecule has 0 fully saturated rings. The molecule has 0 heterocycles. The van der Waals surface area contributed by atoms with E-state index in [1.807, 2.05) is 73.1 Å². The average Bonchev–Trinajstić information content (AvgIpc) is 3.27. The van der Waals surface area contributed by atoms with Gasteiger partial charge in [0.25, 0.3) is 0 Å². The van der Waals surface area contributed by atoms with E-state index in [1.165, 1.54) is 47.9 Å². The van der Waals surface area contributed by atoms with Crippen molar-refractivity contribution < 1.29 is 19.1 Å². The molecule has 0 aliphatic carbocycles. The quantitative estimate of drug-likeness (QED) is 0.0310. The van der Waals surface area contributed by atoms with Crippen molar-refractivity contribution in [1.29, 1.82) is 0 Å². The number of hydrogen-bond donors (Lipinski definition) is 0. The molecule has 4 unspecified atom stereocenters. The van der Waals surface area contributed by atoms with E-state index >= 15 is 0 Å². The number of benzene rings is 4. The molecule has 4 rings (SSSR count). The van der Waals surface area contributed by atoms with Gasteiger partial charge in [-0.05, 0) is 82.7 Å². The van der Waals surface area contributed by atoms with Crippen LogP contribution in [0.4, 0.5) is 0 Å². The maximum Gasteiger partial charge on any atom is 0.331 e. The molecule has 4 aromatic rings. The summed E-state index contributed by atoms with van der Waals surface area (Å²) in [6, 6.07) is 36.7. The van der Waals surface area contributed by atoms with E-state index in [2.05, 4.69) is 90.1 Å². The summed E-state index contributed by atoms with van der Waals surface area (Å²) in [6.07, 6.45) is 17.7. The van der Waals surface area contributed by atoms with Crippen molar-refractivity contribution in [2.75, 3.05) is 13.2 Å². The van der Waals surface area contributed by atoms with Gasteiger partial charge in [0.15, 0.2) is 12.1 Å². The maximum absolute atomic E-state index is 13.2. The number of carbonyl (C=O) groups excluding carboxylic acids is 2. The highest BCUT2D eigenvalue weighted by molar-refractivity contribution is 5.79. The van der Waals surface area contributed by atoms with Gasteiger partial charge in [-0.1, -0.05) is 202 Å². The van der Waals surface area contributed by atoms with Crippen LogP contribution in [-0.2, 0) is 44.7 Å². The monoisotopic (exact) mass is 841 g/mol. The molecule has 0 spiro atoms. The third kappa shape index (κ3) is 19.9. The predicted molar refractivity (Wildman–Crippen MR) is 260 cm³/mol. The van der Waals surface area contributed by atoms with E-state index in [9.17, 15) is 9.59 Å². The summed E-state index contributed by atoms with van der Waals surface area (Å²) in [6.45, 7) is 14.0. The molecular formula is C56H76N2O4. The van der Waals surface area contributed by atoms with E-state index in [-0.39, 0.29) is 23.8 Å². The van der Waals surface area contributed by atoms with Gasteiger partial charge in [0, 0.05) is 25.3 Å². The van der Waals surface area contributed by atoms with Gasteiger partial charge < -0.3 is 9.47 Å². The van der Waals surface area contributed by atoms with Crippen molar-refractivity contribution in [3.05, 3.63) is 143 Å². The minimum Gasteiger partial charge on any atom is -0.464 e. The Kier molecular flexibility index (Phi) is 23.1. The van der Waals surface area contributed by atoms with Crippen LogP contribution < -0.4 is 0 Å². The Morgan fingerprint density at radius 1 is 0.419 bits per heavy atom. The first-order valence-electron chi connectivity index (χ1n) is 23.7. The fourth-order valence-corrected chi connectivity index (χ4v) is 7.65. The number of rotatable bonds is 29. The lowest BCUT2D eigenvalue weighted by Gasteiger charge is -2.14. The molecule has 0 saturated heterocycles. The molecular weight excluding hydrogens is 765 g/mol. The number of nitrogens with zero attached hydrogens (tertiary/aromatic N) is 2. The molecule has 6 nitrogen and oxygen atoms in total. The molecule has 4 atom stereocenters. The lowest BCUT2D eigenvalue weighted by Crippen LogP contribution is -2.25. The first-order chi connectivity index (χ1) is 30.1. The molecule has 62 heavy (non-hydrogen) atoms. The van der Waals surface area contributed by atoms with Gasteiger partial charge >= 0.3 is 11.9 Å². The first-order valence-corrected chi connectivity index (χ1v) is 23.7. The number of hydrogen-bond acceptors (Lipinski definition) is 6. The van der Waals surface area contributed by atoms with E-state index < -0.39 is 12.1 Å². The third-order valence-corrected chi connectivity index (χ3v) is 11.6. The van der Waals surface area contributed by atoms with Gasteiger partial charge in [0.1, 0.15) is 0 Å². The Bertz CT molecular complexity index is 1730. The van der Waals surface area contributed by atoms with Crippen molar-refractivity contribution in [2.45, 2.75) is 155 Å². The zero-order valence-electron chi connectivity index (χ0n) is 38.9. The lowest BCUT2D eigenvalue weighted by molar-refractivity contribution is -0.146. The molecule has 6 heteroatoms. The molecule has 0 saturated carbocycles. The van der Waals surface area contributed by atoms with Gasteiger partial charge in [-0.3, -0.25) is 9.98 Å². The van der Waals surface area contributed by atoms with Crippen LogP contribution in [0.5, 0.6) is 0 Å². The summed E-state index contributed by atoms with van der Waals surface area (Å²) in [5.74, 6) is 0.982. The molecule has 4 aromatic carbocycles. The summed E-state index contributed by atoms with van der Waals surface area (Å²) in [5.41, 5.74) is 7.42. The largest absolute Gasteiger partial charge is 0.464 e. The number of esters is 2. The second-order valence-electron chi connectivity index (χ2n) is 18.0. The van der Waals surface area contributed by atoms with Crippen molar-refractivity contribution in [3.63, 3.8) is 0 Å². The van der Waals surface area contributed by atoms with E-state index in [4.69, 9.17) is 19.5 Å². The Morgan fingerprint density at radius 2 is 0.726 bits per heavy atom. The molecule has 0 radical (unpaired) electrons. The van der Waals surface area contributed by atoms with E-state index in [0.29, 0.717) is 37.9 Å². The van der Waals surface area contributed by atoms with E-state index in [1.54, 1.807) is 0 Å². The molecule has 0 aliphatic rings. The topological polar surface area (TPSA) is 77.3 Å². The minimum absolute atomic E-state index is 0.212. The summed E-state index contributed by atoms with van der Waals surface area (Å²) in [7, 11) is 0. The SMILES string of the molecule is CC(C=NC(Cc1ccccc1)C(=O)OCCCCCCCCCCCCOC(=O)C(Cc1ccccc1)N=CC(C)Cc1ccc(C(C)C)cc1)Cc1ccc(C(C)C)cc1. The third-order valence-electron chi connectivity index (χ3n) is 11.6. The van der Waals surface area contributed by atoms with Crippen molar-refractivity contribution in [1.82, 2.24) is 0 Å². The smallest absolute Gasteiger partial charge is 0.331 e. The molecule has 334 valence electrons. The summed E-state index contributed by atoms with van der Waals surface area (Å²) < 4.78 is 11.5. The summed E-state index contributed by atoms with van der Waals surface area (Å²) >= 11 is 0. The molecule has 0 aliphatic heterocycles. The van der Waals surface area contributed by atoms with Gasteiger partial charge in [-0.25, -0.2) is 9.59 Å². The normalized spacial score (nSPS) is 13.7. The summed E-state index contributed by atoms with van der Waals surface area (Å²) in [5, 5.41) is 0. The molecule has 0 bridgehead atoms. The van der Waals surface area contributed by atoms with E-state index in [0.717, 1.165) is 62.5 Å². The van der Waals surface area contributed by atoms with Gasteiger partial charge in [0.05, 0.1) is 13.2 Å². The van der Waals surface area contributed by atoms with Crippen LogP contribution in [0, 0.1) is 11.8 Å². The Hall–Kier alpha value is -4.84.